The van der Waals surface area contributed by atoms with Gasteiger partial charge in [0.05, 0.1) is 12.1 Å². The minimum Gasteiger partial charge on any atom is -0.393 e. The first-order valence-electron chi connectivity index (χ1n) is 8.68. The molecule has 1 aliphatic rings. The third-order valence-electron chi connectivity index (χ3n) is 4.97. The molecule has 0 saturated heterocycles. The summed E-state index contributed by atoms with van der Waals surface area (Å²) in [6.45, 7) is 4.08. The van der Waals surface area contributed by atoms with Crippen molar-refractivity contribution in [1.82, 2.24) is 4.90 Å². The number of likely N-dealkylation sites (N-methyl/N-ethyl adjacent to an activating group) is 1. The number of nitrogens with zero attached hydrogens (tertiary/aromatic N) is 1. The van der Waals surface area contributed by atoms with Crippen molar-refractivity contribution in [3.8, 4) is 0 Å². The van der Waals surface area contributed by atoms with E-state index in [4.69, 9.17) is 0 Å². The summed E-state index contributed by atoms with van der Waals surface area (Å²) < 4.78 is 0. The van der Waals surface area contributed by atoms with Crippen molar-refractivity contribution < 1.29 is 14.7 Å². The predicted octanol–water partition coefficient (Wildman–Crippen LogP) is 2.70. The number of nitrogens with one attached hydrogen (secondary N) is 1. The lowest BCUT2D eigenvalue weighted by atomic mass is 9.86. The fourth-order valence-corrected chi connectivity index (χ4v) is 3.19. The molecule has 0 spiro atoms. The van der Waals surface area contributed by atoms with Gasteiger partial charge < -0.3 is 10.4 Å². The third-order valence-corrected chi connectivity index (χ3v) is 4.97. The van der Waals surface area contributed by atoms with Crippen LogP contribution in [-0.2, 0) is 4.79 Å². The molecular weight excluding hydrogens is 304 g/mol. The summed E-state index contributed by atoms with van der Waals surface area (Å²) in [5.74, 6) is 0.103. The average molecular weight is 332 g/mol. The van der Waals surface area contributed by atoms with Crippen LogP contribution in [0.4, 0.5) is 5.69 Å². The molecule has 1 aliphatic carbocycles. The summed E-state index contributed by atoms with van der Waals surface area (Å²) >= 11 is 0. The number of anilines is 1. The van der Waals surface area contributed by atoms with Gasteiger partial charge in [-0.15, -0.1) is 0 Å². The van der Waals surface area contributed by atoms with Crippen LogP contribution in [0.15, 0.2) is 24.3 Å². The van der Waals surface area contributed by atoms with Crippen molar-refractivity contribution in [2.75, 3.05) is 18.9 Å². The minimum atomic E-state index is -0.305. The van der Waals surface area contributed by atoms with Gasteiger partial charge in [-0.1, -0.05) is 25.0 Å². The van der Waals surface area contributed by atoms with Crippen LogP contribution >= 0.6 is 0 Å². The Morgan fingerprint density at radius 1 is 1.33 bits per heavy atom. The highest BCUT2D eigenvalue weighted by atomic mass is 16.3. The van der Waals surface area contributed by atoms with Gasteiger partial charge >= 0.3 is 0 Å². The number of Topliss-reactive ketones (excluding diaryl/α,β-unsaturated/α-hetero) is 1. The summed E-state index contributed by atoms with van der Waals surface area (Å²) in [6, 6.07) is 6.66. The quantitative estimate of drug-likeness (QED) is 0.786. The Balaban J connectivity index is 1.93. The molecule has 0 radical (unpaired) electrons. The number of ketones is 1. The number of amides is 1. The Hall–Kier alpha value is -1.72. The smallest absolute Gasteiger partial charge is 0.241 e. The number of carbonyl (C=O) groups is 2. The van der Waals surface area contributed by atoms with Gasteiger partial charge in [0, 0.05) is 17.8 Å². The van der Waals surface area contributed by atoms with E-state index in [1.165, 1.54) is 6.92 Å². The first-order chi connectivity index (χ1) is 11.4. The molecule has 24 heavy (non-hydrogen) atoms. The fourth-order valence-electron chi connectivity index (χ4n) is 3.19. The van der Waals surface area contributed by atoms with E-state index >= 15 is 0 Å². The molecule has 1 aromatic carbocycles. The van der Waals surface area contributed by atoms with E-state index in [1.54, 1.807) is 24.3 Å². The van der Waals surface area contributed by atoms with E-state index in [-0.39, 0.29) is 29.8 Å². The maximum Gasteiger partial charge on any atom is 0.241 e. The van der Waals surface area contributed by atoms with Gasteiger partial charge in [-0.25, -0.2) is 0 Å². The Labute approximate surface area is 144 Å². The van der Waals surface area contributed by atoms with Gasteiger partial charge in [0.1, 0.15) is 0 Å². The number of aliphatic hydroxyl groups is 1. The Kier molecular flexibility index (Phi) is 6.52. The van der Waals surface area contributed by atoms with Gasteiger partial charge in [-0.05, 0) is 51.8 Å². The SMILES string of the molecule is CC(=O)c1cccc(NC(=O)C(C)N(C)CC2CCCCC2O)c1. The van der Waals surface area contributed by atoms with Crippen LogP contribution < -0.4 is 5.32 Å². The molecule has 2 rings (SSSR count). The van der Waals surface area contributed by atoms with E-state index in [9.17, 15) is 14.7 Å². The molecule has 5 nitrogen and oxygen atoms in total. The number of hydrogen-bond donors (Lipinski definition) is 2. The van der Waals surface area contributed by atoms with Crippen LogP contribution in [-0.4, -0.2) is 47.4 Å². The molecule has 1 aromatic rings. The second kappa shape index (κ2) is 8.40. The van der Waals surface area contributed by atoms with Crippen LogP contribution in [0.5, 0.6) is 0 Å². The second-order valence-corrected chi connectivity index (χ2v) is 6.85. The molecule has 3 atom stereocenters. The molecule has 1 saturated carbocycles. The molecule has 0 aliphatic heterocycles. The van der Waals surface area contributed by atoms with Crippen LogP contribution in [0.2, 0.25) is 0 Å². The largest absolute Gasteiger partial charge is 0.393 e. The molecule has 1 amide bonds. The van der Waals surface area contributed by atoms with Gasteiger partial charge in [-0.2, -0.15) is 0 Å². The van der Waals surface area contributed by atoms with Crippen molar-refractivity contribution in [2.45, 2.75) is 51.7 Å². The van der Waals surface area contributed by atoms with Crippen LogP contribution in [0.3, 0.4) is 0 Å². The normalized spacial score (nSPS) is 22.2. The van der Waals surface area contributed by atoms with E-state index in [0.29, 0.717) is 17.8 Å². The molecule has 2 N–H and O–H groups in total. The van der Waals surface area contributed by atoms with Crippen molar-refractivity contribution in [2.24, 2.45) is 5.92 Å². The number of aliphatic hydroxyl groups excluding tert-OH is 1. The average Bonchev–Trinajstić information content (AvgIpc) is 2.56. The summed E-state index contributed by atoms with van der Waals surface area (Å²) in [5.41, 5.74) is 1.21. The van der Waals surface area contributed by atoms with E-state index in [1.807, 2.05) is 18.9 Å². The minimum absolute atomic E-state index is 0.0254. The van der Waals surface area contributed by atoms with Crippen molar-refractivity contribution in [3.63, 3.8) is 0 Å². The third kappa shape index (κ3) is 4.89. The van der Waals surface area contributed by atoms with Gasteiger partial charge in [0.25, 0.3) is 0 Å². The van der Waals surface area contributed by atoms with Gasteiger partial charge in [0.15, 0.2) is 5.78 Å². The first kappa shape index (κ1) is 18.6. The molecule has 132 valence electrons. The second-order valence-electron chi connectivity index (χ2n) is 6.85. The molecule has 5 heteroatoms. The molecule has 0 bridgehead atoms. The van der Waals surface area contributed by atoms with Crippen LogP contribution in [0.25, 0.3) is 0 Å². The fraction of sp³-hybridized carbons (Fsp3) is 0.579. The molecule has 0 aromatic heterocycles. The maximum absolute atomic E-state index is 12.5. The zero-order valence-electron chi connectivity index (χ0n) is 14.8. The number of benzene rings is 1. The monoisotopic (exact) mass is 332 g/mol. The molecule has 1 fully saturated rings. The van der Waals surface area contributed by atoms with Crippen molar-refractivity contribution >= 4 is 17.4 Å². The lowest BCUT2D eigenvalue weighted by Gasteiger charge is -2.33. The van der Waals surface area contributed by atoms with Crippen LogP contribution in [0, 0.1) is 5.92 Å². The highest BCUT2D eigenvalue weighted by molar-refractivity contribution is 5.98. The zero-order chi connectivity index (χ0) is 17.7. The summed E-state index contributed by atoms with van der Waals surface area (Å²) in [6.07, 6.45) is 3.85. The topological polar surface area (TPSA) is 69.6 Å². The van der Waals surface area contributed by atoms with Gasteiger partial charge in [0.2, 0.25) is 5.91 Å². The van der Waals surface area contributed by atoms with Crippen molar-refractivity contribution in [3.05, 3.63) is 29.8 Å². The highest BCUT2D eigenvalue weighted by Gasteiger charge is 2.27. The van der Waals surface area contributed by atoms with E-state index < -0.39 is 0 Å². The Morgan fingerprint density at radius 2 is 2.04 bits per heavy atom. The highest BCUT2D eigenvalue weighted by Crippen LogP contribution is 2.25. The number of rotatable bonds is 6. The maximum atomic E-state index is 12.5. The lowest BCUT2D eigenvalue weighted by molar-refractivity contribution is -0.120. The first-order valence-corrected chi connectivity index (χ1v) is 8.68. The standard InChI is InChI=1S/C19H28N2O3/c1-13(21(3)12-16-7-4-5-10-18(16)23)19(24)20-17-9-6-8-15(11-17)14(2)22/h6,8-9,11,13,16,18,23H,4-5,7,10,12H2,1-3H3,(H,20,24). The molecular formula is C19H28N2O3. The zero-order valence-corrected chi connectivity index (χ0v) is 14.8. The van der Waals surface area contributed by atoms with E-state index in [0.717, 1.165) is 25.7 Å². The number of hydrogen-bond acceptors (Lipinski definition) is 4. The van der Waals surface area contributed by atoms with Gasteiger partial charge in [-0.3, -0.25) is 14.5 Å². The Morgan fingerprint density at radius 3 is 2.71 bits per heavy atom. The van der Waals surface area contributed by atoms with Crippen LogP contribution in [0.1, 0.15) is 49.9 Å². The Bertz CT molecular complexity index is 588. The number of carbonyl (C=O) groups excluding carboxylic acids is 2. The lowest BCUT2D eigenvalue weighted by Crippen LogP contribution is -2.44. The predicted molar refractivity (Wildman–Crippen MR) is 95.1 cm³/mol. The molecule has 0 heterocycles. The van der Waals surface area contributed by atoms with E-state index in [2.05, 4.69) is 5.32 Å². The summed E-state index contributed by atoms with van der Waals surface area (Å²) in [5, 5.41) is 13.0. The summed E-state index contributed by atoms with van der Waals surface area (Å²) in [4.78, 5) is 25.9. The summed E-state index contributed by atoms with van der Waals surface area (Å²) in [7, 11) is 1.91. The van der Waals surface area contributed by atoms with Crippen molar-refractivity contribution in [1.29, 1.82) is 0 Å². The molecule has 3 unspecified atom stereocenters.